The van der Waals surface area contributed by atoms with Gasteiger partial charge in [-0.2, -0.15) is 4.21 Å². The molecule has 0 spiro atoms. The summed E-state index contributed by atoms with van der Waals surface area (Å²) in [6.07, 6.45) is 0. The molecule has 0 unspecified atom stereocenters. The van der Waals surface area contributed by atoms with E-state index in [9.17, 15) is 0 Å². The molecule has 0 aliphatic heterocycles. The third kappa shape index (κ3) is 281. The van der Waals surface area contributed by atoms with Crippen LogP contribution >= 0.6 is 0 Å². The Kier molecular flexibility index (Phi) is 15.3. The van der Waals surface area contributed by atoms with Crippen LogP contribution in [0.15, 0.2) is 0 Å². The summed E-state index contributed by atoms with van der Waals surface area (Å²) < 4.78 is 55.9. The Morgan fingerprint density at radius 3 is 1.10 bits per heavy atom. The van der Waals surface area contributed by atoms with Gasteiger partial charge in [-0.3, -0.25) is 9.11 Å². The standard InChI is InChI=1S/K.Mn.H2O3S.H2O.3O.H/c;;1-4(2)3;;;;;/h;;(H2,1,2,3);1H2;;;;/q;+1;;;;;;/p-1. The fourth-order valence-electron chi connectivity index (χ4n) is 0. The Balaban J connectivity index is -0.0000000910. The molecule has 0 amide bonds. The van der Waals surface area contributed by atoms with Crippen LogP contribution in [-0.4, -0.2) is 68.9 Å². The van der Waals surface area contributed by atoms with Crippen molar-refractivity contribution in [3.63, 3.8) is 0 Å². The monoisotopic (exact) mass is 242 g/mol. The number of hydrogen-bond acceptors (Lipinski definition) is 4. The minimum absolute atomic E-state index is 0. The molecule has 0 fully saturated rings. The Morgan fingerprint density at radius 1 is 1.10 bits per heavy atom. The van der Waals surface area contributed by atoms with Crippen molar-refractivity contribution in [2.24, 2.45) is 0 Å². The molecule has 10 heteroatoms. The molecule has 0 aromatic carbocycles. The number of rotatable bonds is 0. The first-order chi connectivity index (χ1) is 3.73. The van der Waals surface area contributed by atoms with Crippen LogP contribution in [0, 0.1) is 0 Å². The van der Waals surface area contributed by atoms with E-state index in [-0.39, 0.29) is 51.4 Å². The molecule has 7 nitrogen and oxygen atoms in total. The molecule has 0 aliphatic rings. The van der Waals surface area contributed by atoms with E-state index >= 15 is 0 Å². The van der Waals surface area contributed by atoms with Gasteiger partial charge in [0.2, 0.25) is 0 Å². The van der Waals surface area contributed by atoms with E-state index in [0.717, 1.165) is 0 Å². The maximum absolute atomic E-state index is 8.69. The van der Waals surface area contributed by atoms with E-state index in [0.29, 0.717) is 0 Å². The molecule has 3 N–H and O–H groups in total. The van der Waals surface area contributed by atoms with Gasteiger partial charge in [0.1, 0.15) is 0 Å². The summed E-state index contributed by atoms with van der Waals surface area (Å²) in [6, 6.07) is 0. The molecule has 0 heterocycles. The van der Waals surface area contributed by atoms with Gasteiger partial charge in [0.25, 0.3) is 11.4 Å². The van der Waals surface area contributed by atoms with Crippen molar-refractivity contribution < 1.29 is 42.0 Å². The van der Waals surface area contributed by atoms with E-state index in [1.807, 2.05) is 0 Å². The first-order valence-corrected chi connectivity index (χ1v) is 4.20. The summed E-state index contributed by atoms with van der Waals surface area (Å²) in [6.45, 7) is 0. The molecule has 60 valence electrons. The second kappa shape index (κ2) is 8.68. The minimum atomic E-state index is -5.38. The third-order valence-electron chi connectivity index (χ3n) is 0. The van der Waals surface area contributed by atoms with E-state index in [2.05, 4.69) is 0 Å². The van der Waals surface area contributed by atoms with Gasteiger partial charge in [0, 0.05) is 0 Å². The molecule has 0 saturated heterocycles. The van der Waals surface area contributed by atoms with Crippen molar-refractivity contribution in [2.45, 2.75) is 0 Å². The Morgan fingerprint density at radius 2 is 1.10 bits per heavy atom. The summed E-state index contributed by atoms with van der Waals surface area (Å²) >= 11 is -7.99. The molecule has 0 radical (unpaired) electrons. The summed E-state index contributed by atoms with van der Waals surface area (Å²) in [5.41, 5.74) is 0. The molecular weight excluding hydrogens is 238 g/mol. The molecule has 0 rings (SSSR count). The first-order valence-electron chi connectivity index (χ1n) is 1.16. The molecule has 10 heavy (non-hydrogen) atoms. The van der Waals surface area contributed by atoms with Gasteiger partial charge >= 0.3 is 80.0 Å². The zero-order valence-corrected chi connectivity index (χ0v) is 5.76. The van der Waals surface area contributed by atoms with Crippen molar-refractivity contribution in [3.05, 3.63) is 0 Å². The summed E-state index contributed by atoms with van der Waals surface area (Å²) in [4.78, 5) is 0. The van der Waals surface area contributed by atoms with Crippen molar-refractivity contribution >= 4 is 62.7 Å². The van der Waals surface area contributed by atoms with Gasteiger partial charge in [-0.15, -0.1) is 0 Å². The van der Waals surface area contributed by atoms with Gasteiger partial charge in [-0.1, -0.05) is 0 Å². The van der Waals surface area contributed by atoms with Crippen LogP contribution in [0.1, 0.15) is 0 Å². The normalized spacial score (nSPS) is 9.20. The third-order valence-corrected chi connectivity index (χ3v) is 0. The quantitative estimate of drug-likeness (QED) is 0.334. The van der Waals surface area contributed by atoms with Gasteiger partial charge < -0.3 is 0 Å². The van der Waals surface area contributed by atoms with Crippen LogP contribution in [0.3, 0.4) is 0 Å². The molecule has 0 atom stereocenters. The van der Waals surface area contributed by atoms with Crippen LogP contribution in [0.5, 0.6) is 0 Å². The van der Waals surface area contributed by atoms with Crippen LogP contribution < -0.4 is 0 Å². The summed E-state index contributed by atoms with van der Waals surface area (Å²) in [5.74, 6) is 0. The van der Waals surface area contributed by atoms with E-state index < -0.39 is 24.3 Å². The van der Waals surface area contributed by atoms with Crippen LogP contribution in [0.2, 0.25) is 0 Å². The molecule has 0 aliphatic carbocycles. The predicted octanol–water partition coefficient (Wildman–Crippen LogP) is -1.88. The predicted molar refractivity (Wildman–Crippen MR) is 24.8 cm³/mol. The molecule has 0 saturated carbocycles. The van der Waals surface area contributed by atoms with Gasteiger partial charge in [-0.05, 0) is 0 Å². The van der Waals surface area contributed by atoms with Crippen molar-refractivity contribution in [1.82, 2.24) is 0 Å². The van der Waals surface area contributed by atoms with Gasteiger partial charge in [-0.25, -0.2) is 0 Å². The Labute approximate surface area is 103 Å². The second-order valence-electron chi connectivity index (χ2n) is 0.627. The van der Waals surface area contributed by atoms with E-state index in [4.69, 9.17) is 29.0 Å². The fourth-order valence-corrected chi connectivity index (χ4v) is 0. The molecule has 0 aromatic rings. The second-order valence-corrected chi connectivity index (χ2v) is 2.32. The molecule has 0 aromatic heterocycles. The van der Waals surface area contributed by atoms with Crippen LogP contribution in [0.4, 0.5) is 0 Å². The van der Waals surface area contributed by atoms with Crippen molar-refractivity contribution in [2.75, 3.05) is 0 Å². The summed E-state index contributed by atoms with van der Waals surface area (Å²) in [5, 5.41) is 0. The first kappa shape index (κ1) is 17.6. The maximum atomic E-state index is 8.69. The van der Waals surface area contributed by atoms with Crippen LogP contribution in [0.25, 0.3) is 0 Å². The zero-order valence-electron chi connectivity index (χ0n) is 3.76. The topological polar surface area (TPSA) is 129 Å². The zero-order chi connectivity index (χ0) is 8.08. The number of hydrogen-bond donors (Lipinski definition) is 3. The molecule has 0 bridgehead atoms. The van der Waals surface area contributed by atoms with Crippen molar-refractivity contribution in [3.8, 4) is 0 Å². The van der Waals surface area contributed by atoms with Crippen molar-refractivity contribution in [1.29, 1.82) is 0 Å². The average Bonchev–Trinajstić information content (AvgIpc) is 1.19. The van der Waals surface area contributed by atoms with E-state index in [1.54, 1.807) is 0 Å². The van der Waals surface area contributed by atoms with Gasteiger partial charge in [0.05, 0.1) is 0 Å². The van der Waals surface area contributed by atoms with Crippen LogP contribution in [-0.2, 0) is 35.8 Å². The Bertz CT molecular complexity index is 199. The Hall–Kier alpha value is 1.59. The SMILES string of the molecule is O=S(O)O.[KH].[O]=[Mn](=[O])(=[O])[OH]. The van der Waals surface area contributed by atoms with E-state index in [1.165, 1.54) is 0 Å². The average molecular weight is 242 g/mol. The van der Waals surface area contributed by atoms with Gasteiger partial charge in [0.15, 0.2) is 0 Å². The molecular formula is H4KMnO7S. The summed E-state index contributed by atoms with van der Waals surface area (Å²) in [7, 11) is 0. The fraction of sp³-hybridized carbons (Fsp3) is 0.